The fourth-order valence-electron chi connectivity index (χ4n) is 4.21. The monoisotopic (exact) mass is 553 g/mol. The number of aromatic nitrogens is 3. The Hall–Kier alpha value is -3.46. The first kappa shape index (κ1) is 27.6. The fraction of sp³-hybridized carbons (Fsp3) is 0.286. The first-order chi connectivity index (χ1) is 18.0. The largest absolute Gasteiger partial charge is 0.495 e. The van der Waals surface area contributed by atoms with Gasteiger partial charge in [-0.3, -0.25) is 14.2 Å². The number of fused-ring (bicyclic) bond motifs is 1. The van der Waals surface area contributed by atoms with Crippen LogP contribution in [0.2, 0.25) is 10.0 Å². The van der Waals surface area contributed by atoms with Crippen molar-refractivity contribution in [2.75, 3.05) is 21.2 Å². The van der Waals surface area contributed by atoms with Crippen LogP contribution in [-0.2, 0) is 17.9 Å². The van der Waals surface area contributed by atoms with Crippen molar-refractivity contribution >= 4 is 40.1 Å². The lowest BCUT2D eigenvalue weighted by atomic mass is 10.0. The van der Waals surface area contributed by atoms with E-state index in [1.165, 1.54) is 11.7 Å². The molecule has 0 unspecified atom stereocenters. The molecule has 10 heteroatoms. The summed E-state index contributed by atoms with van der Waals surface area (Å²) in [6, 6.07) is 12.5. The maximum absolute atomic E-state index is 13.8. The molecule has 0 fully saturated rings. The van der Waals surface area contributed by atoms with E-state index < -0.39 is 0 Å². The van der Waals surface area contributed by atoms with Crippen molar-refractivity contribution in [2.45, 2.75) is 33.0 Å². The molecule has 0 bridgehead atoms. The van der Waals surface area contributed by atoms with Gasteiger partial charge in [-0.25, -0.2) is 9.97 Å². The van der Waals surface area contributed by atoms with E-state index in [-0.39, 0.29) is 35.5 Å². The summed E-state index contributed by atoms with van der Waals surface area (Å²) in [6.45, 7) is 4.21. The minimum absolute atomic E-state index is 0.0850. The smallest absolute Gasteiger partial charge is 0.263 e. The molecule has 8 nitrogen and oxygen atoms in total. The lowest BCUT2D eigenvalue weighted by Gasteiger charge is -2.16. The molecule has 0 aliphatic carbocycles. The van der Waals surface area contributed by atoms with Crippen LogP contribution < -0.4 is 15.6 Å². The minimum atomic E-state index is -0.386. The summed E-state index contributed by atoms with van der Waals surface area (Å²) in [6.07, 6.45) is 1.67. The molecule has 2 heterocycles. The zero-order valence-corrected chi connectivity index (χ0v) is 23.4. The second-order valence-corrected chi connectivity index (χ2v) is 10.4. The zero-order valence-electron chi connectivity index (χ0n) is 21.9. The van der Waals surface area contributed by atoms with Crippen LogP contribution in [0.5, 0.6) is 5.75 Å². The molecular weight excluding hydrogens is 525 g/mol. The van der Waals surface area contributed by atoms with E-state index in [0.29, 0.717) is 33.3 Å². The highest BCUT2D eigenvalue weighted by atomic mass is 35.5. The number of ether oxygens (including phenoxy) is 1. The van der Waals surface area contributed by atoms with Crippen LogP contribution in [0.1, 0.15) is 19.4 Å². The number of carbonyl (C=O) groups excluding carboxylic acids is 1. The molecule has 0 aliphatic rings. The molecule has 1 N–H and O–H groups in total. The molecule has 38 heavy (non-hydrogen) atoms. The van der Waals surface area contributed by atoms with E-state index in [1.54, 1.807) is 30.5 Å². The minimum Gasteiger partial charge on any atom is -0.495 e. The normalized spacial score (nSPS) is 11.4. The average Bonchev–Trinajstić information content (AvgIpc) is 2.84. The van der Waals surface area contributed by atoms with Gasteiger partial charge in [0.15, 0.2) is 5.65 Å². The van der Waals surface area contributed by atoms with Crippen molar-refractivity contribution < 1.29 is 9.53 Å². The average molecular weight is 554 g/mol. The topological polar surface area (TPSA) is 89.4 Å². The van der Waals surface area contributed by atoms with Crippen molar-refractivity contribution in [3.8, 4) is 28.3 Å². The second kappa shape index (κ2) is 11.5. The molecule has 0 saturated carbocycles. The second-order valence-electron chi connectivity index (χ2n) is 9.58. The summed E-state index contributed by atoms with van der Waals surface area (Å²) < 4.78 is 6.70. The van der Waals surface area contributed by atoms with Gasteiger partial charge in [0.1, 0.15) is 18.1 Å². The molecule has 2 aromatic heterocycles. The van der Waals surface area contributed by atoms with E-state index in [2.05, 4.69) is 10.3 Å². The van der Waals surface area contributed by atoms with Gasteiger partial charge in [0, 0.05) is 34.9 Å². The highest BCUT2D eigenvalue weighted by Gasteiger charge is 2.19. The number of hydrogen-bond donors (Lipinski definition) is 1. The van der Waals surface area contributed by atoms with Gasteiger partial charge in [-0.1, -0.05) is 23.2 Å². The Morgan fingerprint density at radius 2 is 1.84 bits per heavy atom. The van der Waals surface area contributed by atoms with Crippen LogP contribution in [0.25, 0.3) is 33.5 Å². The standard InChI is InChI=1S/C28H29Cl2N5O3/c1-16(2)32-25(36)15-35-27(18-6-7-23(30)24(12-18)38-5)33-26-22(28(35)37)11-20(13-31-26)19-8-17(14-34(3)4)9-21(29)10-19/h6-13,16H,14-15H2,1-5H3,(H,32,36). The maximum Gasteiger partial charge on any atom is 0.263 e. The number of carbonyl (C=O) groups is 1. The van der Waals surface area contributed by atoms with E-state index in [0.717, 1.165) is 16.7 Å². The van der Waals surface area contributed by atoms with Crippen LogP contribution in [0, 0.1) is 0 Å². The van der Waals surface area contributed by atoms with Crippen LogP contribution in [-0.4, -0.2) is 52.6 Å². The van der Waals surface area contributed by atoms with Gasteiger partial charge in [-0.2, -0.15) is 0 Å². The van der Waals surface area contributed by atoms with Crippen molar-refractivity contribution in [3.05, 3.63) is 74.6 Å². The number of benzene rings is 2. The third kappa shape index (κ3) is 6.15. The quantitative estimate of drug-likeness (QED) is 0.329. The highest BCUT2D eigenvalue weighted by molar-refractivity contribution is 6.32. The van der Waals surface area contributed by atoms with Crippen molar-refractivity contribution in [3.63, 3.8) is 0 Å². The first-order valence-electron chi connectivity index (χ1n) is 12.0. The van der Waals surface area contributed by atoms with Crippen LogP contribution >= 0.6 is 23.2 Å². The Morgan fingerprint density at radius 1 is 1.08 bits per heavy atom. The molecule has 0 saturated heterocycles. The Balaban J connectivity index is 1.90. The fourth-order valence-corrected chi connectivity index (χ4v) is 4.67. The van der Waals surface area contributed by atoms with Crippen molar-refractivity contribution in [1.29, 1.82) is 0 Å². The van der Waals surface area contributed by atoms with Gasteiger partial charge in [-0.05, 0) is 81.5 Å². The van der Waals surface area contributed by atoms with Crippen LogP contribution in [0.4, 0.5) is 0 Å². The number of nitrogens with zero attached hydrogens (tertiary/aromatic N) is 4. The Morgan fingerprint density at radius 3 is 2.53 bits per heavy atom. The Labute approximate surface area is 231 Å². The summed E-state index contributed by atoms with van der Waals surface area (Å²) in [7, 11) is 5.47. The number of hydrogen-bond acceptors (Lipinski definition) is 6. The molecular formula is C28H29Cl2N5O3. The van der Waals surface area contributed by atoms with Gasteiger partial charge in [0.25, 0.3) is 5.56 Å². The molecule has 0 spiro atoms. The summed E-state index contributed by atoms with van der Waals surface area (Å²) in [5.74, 6) is 0.403. The Bertz CT molecular complexity index is 1570. The van der Waals surface area contributed by atoms with E-state index >= 15 is 0 Å². The lowest BCUT2D eigenvalue weighted by molar-refractivity contribution is -0.122. The lowest BCUT2D eigenvalue weighted by Crippen LogP contribution is -2.37. The van der Waals surface area contributed by atoms with Crippen LogP contribution in [0.3, 0.4) is 0 Å². The predicted octanol–water partition coefficient (Wildman–Crippen LogP) is 5.03. The number of amides is 1. The van der Waals surface area contributed by atoms with Gasteiger partial charge in [0.05, 0.1) is 17.5 Å². The van der Waals surface area contributed by atoms with Crippen molar-refractivity contribution in [2.24, 2.45) is 0 Å². The molecule has 4 aromatic rings. The zero-order chi connectivity index (χ0) is 27.6. The number of pyridine rings is 1. The number of nitrogens with one attached hydrogen (secondary N) is 1. The number of methoxy groups -OCH3 is 1. The third-order valence-electron chi connectivity index (χ3n) is 5.76. The molecule has 4 rings (SSSR count). The van der Waals surface area contributed by atoms with E-state index in [4.69, 9.17) is 32.9 Å². The number of rotatable bonds is 8. The van der Waals surface area contributed by atoms with E-state index in [1.807, 2.05) is 51.0 Å². The summed E-state index contributed by atoms with van der Waals surface area (Å²) in [5, 5.41) is 4.13. The summed E-state index contributed by atoms with van der Waals surface area (Å²) in [5.41, 5.74) is 3.03. The summed E-state index contributed by atoms with van der Waals surface area (Å²) >= 11 is 12.6. The maximum atomic E-state index is 13.8. The molecule has 0 atom stereocenters. The molecule has 2 aromatic carbocycles. The third-order valence-corrected chi connectivity index (χ3v) is 6.29. The first-order valence-corrected chi connectivity index (χ1v) is 12.8. The SMILES string of the molecule is COc1cc(-c2nc3ncc(-c4cc(Cl)cc(CN(C)C)c4)cc3c(=O)n2CC(=O)NC(C)C)ccc1Cl. The van der Waals surface area contributed by atoms with Crippen molar-refractivity contribution in [1.82, 2.24) is 24.8 Å². The molecule has 198 valence electrons. The molecule has 0 radical (unpaired) electrons. The van der Waals surface area contributed by atoms with Crippen LogP contribution in [0.15, 0.2) is 53.5 Å². The van der Waals surface area contributed by atoms with E-state index in [9.17, 15) is 9.59 Å². The molecule has 0 aliphatic heterocycles. The highest BCUT2D eigenvalue weighted by Crippen LogP contribution is 2.31. The van der Waals surface area contributed by atoms with Gasteiger partial charge < -0.3 is 15.0 Å². The van der Waals surface area contributed by atoms with Gasteiger partial charge >= 0.3 is 0 Å². The number of halogens is 2. The predicted molar refractivity (Wildman–Crippen MR) is 152 cm³/mol. The van der Waals surface area contributed by atoms with Gasteiger partial charge in [0.2, 0.25) is 5.91 Å². The molecule has 1 amide bonds. The summed E-state index contributed by atoms with van der Waals surface area (Å²) in [4.78, 5) is 37.8. The Kier molecular flexibility index (Phi) is 8.35. The van der Waals surface area contributed by atoms with Gasteiger partial charge in [-0.15, -0.1) is 0 Å².